The fourth-order valence-corrected chi connectivity index (χ4v) is 2.74. The van der Waals surface area contributed by atoms with E-state index in [9.17, 15) is 9.90 Å². The molecule has 1 fully saturated rings. The summed E-state index contributed by atoms with van der Waals surface area (Å²) in [6.07, 6.45) is 0.627. The maximum Gasteiger partial charge on any atom is 0.319 e. The van der Waals surface area contributed by atoms with Crippen LogP contribution in [0.3, 0.4) is 0 Å². The topological polar surface area (TPSA) is 91.9 Å². The SMILES string of the molecule is COc1ccccc1Oc1ccc(NC(=O)NC[C@@]2(O)CCNC2)cc1. The minimum atomic E-state index is -0.871. The molecule has 1 aliphatic rings. The van der Waals surface area contributed by atoms with Crippen molar-refractivity contribution in [3.8, 4) is 17.2 Å². The van der Waals surface area contributed by atoms with Gasteiger partial charge in [-0.3, -0.25) is 0 Å². The smallest absolute Gasteiger partial charge is 0.319 e. The number of carbonyl (C=O) groups excluding carboxylic acids is 1. The standard InChI is InChI=1S/C19H23N3O4/c1-25-16-4-2-3-5-17(16)26-15-8-6-14(7-9-15)22-18(23)21-13-19(24)10-11-20-12-19/h2-9,20,24H,10-13H2,1H3,(H2,21,22,23)/t19-/m1/s1. The molecule has 0 bridgehead atoms. The van der Waals surface area contributed by atoms with Crippen LogP contribution in [0.2, 0.25) is 0 Å². The van der Waals surface area contributed by atoms with Gasteiger partial charge in [0.1, 0.15) is 5.75 Å². The summed E-state index contributed by atoms with van der Waals surface area (Å²) in [5, 5.41) is 18.7. The molecule has 4 N–H and O–H groups in total. The maximum absolute atomic E-state index is 12.0. The lowest BCUT2D eigenvalue weighted by atomic mass is 10.0. The number of amides is 2. The molecular weight excluding hydrogens is 334 g/mol. The Kier molecular flexibility index (Phi) is 5.60. The second-order valence-corrected chi connectivity index (χ2v) is 6.24. The van der Waals surface area contributed by atoms with E-state index in [2.05, 4.69) is 16.0 Å². The first-order valence-corrected chi connectivity index (χ1v) is 8.47. The van der Waals surface area contributed by atoms with Crippen LogP contribution >= 0.6 is 0 Å². The minimum absolute atomic E-state index is 0.209. The lowest BCUT2D eigenvalue weighted by molar-refractivity contribution is 0.0640. The van der Waals surface area contributed by atoms with Gasteiger partial charge < -0.3 is 30.5 Å². The molecule has 7 heteroatoms. The number of rotatable bonds is 6. The lowest BCUT2D eigenvalue weighted by Crippen LogP contribution is -2.45. The van der Waals surface area contributed by atoms with Crippen LogP contribution in [-0.4, -0.2) is 43.5 Å². The first kappa shape index (κ1) is 18.0. The Bertz CT molecular complexity index is 743. The van der Waals surface area contributed by atoms with E-state index in [4.69, 9.17) is 9.47 Å². The van der Waals surface area contributed by atoms with Crippen molar-refractivity contribution >= 4 is 11.7 Å². The van der Waals surface area contributed by atoms with Gasteiger partial charge in [-0.05, 0) is 49.4 Å². The van der Waals surface area contributed by atoms with Crippen molar-refractivity contribution < 1.29 is 19.4 Å². The second kappa shape index (κ2) is 8.07. The summed E-state index contributed by atoms with van der Waals surface area (Å²) in [5.74, 6) is 1.90. The molecule has 0 saturated carbocycles. The summed E-state index contributed by atoms with van der Waals surface area (Å²) < 4.78 is 11.1. The predicted molar refractivity (Wildman–Crippen MR) is 99.0 cm³/mol. The number of hydrogen-bond donors (Lipinski definition) is 4. The Morgan fingerprint density at radius 3 is 2.58 bits per heavy atom. The van der Waals surface area contributed by atoms with Crippen molar-refractivity contribution in [2.45, 2.75) is 12.0 Å². The number of methoxy groups -OCH3 is 1. The number of benzene rings is 2. The van der Waals surface area contributed by atoms with Gasteiger partial charge >= 0.3 is 6.03 Å². The number of hydrogen-bond acceptors (Lipinski definition) is 5. The molecular formula is C19H23N3O4. The van der Waals surface area contributed by atoms with E-state index in [1.54, 1.807) is 31.4 Å². The van der Waals surface area contributed by atoms with E-state index in [1.165, 1.54) is 0 Å². The molecule has 0 radical (unpaired) electrons. The average molecular weight is 357 g/mol. The fraction of sp³-hybridized carbons (Fsp3) is 0.316. The monoisotopic (exact) mass is 357 g/mol. The largest absolute Gasteiger partial charge is 0.493 e. The van der Waals surface area contributed by atoms with Gasteiger partial charge in [0.05, 0.1) is 12.7 Å². The van der Waals surface area contributed by atoms with Crippen molar-refractivity contribution in [3.63, 3.8) is 0 Å². The molecule has 1 aliphatic heterocycles. The molecule has 138 valence electrons. The zero-order valence-corrected chi connectivity index (χ0v) is 14.6. The van der Waals surface area contributed by atoms with Crippen molar-refractivity contribution in [3.05, 3.63) is 48.5 Å². The molecule has 2 aromatic carbocycles. The van der Waals surface area contributed by atoms with E-state index >= 15 is 0 Å². The fourth-order valence-electron chi connectivity index (χ4n) is 2.74. The minimum Gasteiger partial charge on any atom is -0.493 e. The first-order valence-electron chi connectivity index (χ1n) is 8.47. The zero-order valence-electron chi connectivity index (χ0n) is 14.6. The third-order valence-corrected chi connectivity index (χ3v) is 4.21. The Morgan fingerprint density at radius 1 is 1.19 bits per heavy atom. The molecule has 1 saturated heterocycles. The van der Waals surface area contributed by atoms with E-state index in [1.807, 2.05) is 24.3 Å². The first-order chi connectivity index (χ1) is 12.6. The van der Waals surface area contributed by atoms with Crippen LogP contribution in [0.4, 0.5) is 10.5 Å². The van der Waals surface area contributed by atoms with Gasteiger partial charge in [-0.25, -0.2) is 4.79 Å². The predicted octanol–water partition coefficient (Wildman–Crippen LogP) is 2.33. The van der Waals surface area contributed by atoms with Gasteiger partial charge in [-0.15, -0.1) is 0 Å². The van der Waals surface area contributed by atoms with Crippen LogP contribution in [-0.2, 0) is 0 Å². The molecule has 1 atom stereocenters. The summed E-state index contributed by atoms with van der Waals surface area (Å²) in [6, 6.07) is 14.0. The van der Waals surface area contributed by atoms with E-state index in [0.717, 1.165) is 6.54 Å². The Balaban J connectivity index is 1.53. The lowest BCUT2D eigenvalue weighted by Gasteiger charge is -2.21. The van der Waals surface area contributed by atoms with E-state index in [0.29, 0.717) is 35.9 Å². The quantitative estimate of drug-likeness (QED) is 0.637. The summed E-state index contributed by atoms with van der Waals surface area (Å²) in [5.41, 5.74) is -0.240. The van der Waals surface area contributed by atoms with Gasteiger partial charge in [0.2, 0.25) is 0 Å². The van der Waals surface area contributed by atoms with Gasteiger partial charge in [-0.1, -0.05) is 12.1 Å². The molecule has 0 spiro atoms. The van der Waals surface area contributed by atoms with Crippen LogP contribution in [0.1, 0.15) is 6.42 Å². The van der Waals surface area contributed by atoms with Crippen molar-refractivity contribution in [2.75, 3.05) is 32.1 Å². The maximum atomic E-state index is 12.0. The van der Waals surface area contributed by atoms with Gasteiger partial charge in [-0.2, -0.15) is 0 Å². The number of ether oxygens (including phenoxy) is 2. The van der Waals surface area contributed by atoms with E-state index in [-0.39, 0.29) is 12.6 Å². The molecule has 7 nitrogen and oxygen atoms in total. The second-order valence-electron chi connectivity index (χ2n) is 6.24. The van der Waals surface area contributed by atoms with Crippen LogP contribution in [0.15, 0.2) is 48.5 Å². The van der Waals surface area contributed by atoms with Crippen LogP contribution in [0.5, 0.6) is 17.2 Å². The highest BCUT2D eigenvalue weighted by Crippen LogP contribution is 2.31. The molecule has 0 aromatic heterocycles. The Hall–Kier alpha value is -2.77. The summed E-state index contributed by atoms with van der Waals surface area (Å²) in [7, 11) is 1.59. The number of nitrogens with one attached hydrogen (secondary N) is 3. The van der Waals surface area contributed by atoms with Gasteiger partial charge in [0.25, 0.3) is 0 Å². The molecule has 3 rings (SSSR count). The highest BCUT2D eigenvalue weighted by atomic mass is 16.5. The summed E-state index contributed by atoms with van der Waals surface area (Å²) in [6.45, 7) is 1.45. The molecule has 0 aliphatic carbocycles. The normalized spacial score (nSPS) is 19.0. The number of para-hydroxylation sites is 2. The van der Waals surface area contributed by atoms with Crippen LogP contribution < -0.4 is 25.4 Å². The van der Waals surface area contributed by atoms with Crippen LogP contribution in [0.25, 0.3) is 0 Å². The molecule has 1 heterocycles. The Morgan fingerprint density at radius 2 is 1.92 bits per heavy atom. The average Bonchev–Trinajstić information content (AvgIpc) is 3.09. The highest BCUT2D eigenvalue weighted by molar-refractivity contribution is 5.89. The number of carbonyl (C=O) groups is 1. The van der Waals surface area contributed by atoms with Gasteiger partial charge in [0.15, 0.2) is 11.5 Å². The molecule has 2 amide bonds. The number of aliphatic hydroxyl groups is 1. The van der Waals surface area contributed by atoms with Crippen molar-refractivity contribution in [1.82, 2.24) is 10.6 Å². The molecule has 2 aromatic rings. The zero-order chi connectivity index (χ0) is 18.4. The number of β-amino-alcohol motifs (C(OH)–C–C–N with tert-alkyl or cyclic N) is 1. The van der Waals surface area contributed by atoms with Crippen molar-refractivity contribution in [2.24, 2.45) is 0 Å². The Labute approximate surface area is 152 Å². The summed E-state index contributed by atoms with van der Waals surface area (Å²) >= 11 is 0. The molecule has 26 heavy (non-hydrogen) atoms. The number of anilines is 1. The molecule has 0 unspecified atom stereocenters. The third kappa shape index (κ3) is 4.65. The van der Waals surface area contributed by atoms with E-state index < -0.39 is 5.60 Å². The third-order valence-electron chi connectivity index (χ3n) is 4.21. The summed E-state index contributed by atoms with van der Waals surface area (Å²) in [4.78, 5) is 12.0. The van der Waals surface area contributed by atoms with Crippen LogP contribution in [0, 0.1) is 0 Å². The highest BCUT2D eigenvalue weighted by Gasteiger charge is 2.31. The van der Waals surface area contributed by atoms with Crippen molar-refractivity contribution in [1.29, 1.82) is 0 Å². The van der Waals surface area contributed by atoms with Gasteiger partial charge in [0, 0.05) is 18.8 Å². The number of urea groups is 1.